The highest BCUT2D eigenvalue weighted by atomic mass is 32.2. The SMILES string of the molecule is COC1C(NC2CC(C)NN2)NC(Sc2ccc(S(=O)(=O)C(C)(C)c3c(F)c(F)cc(F)c3F)cc2F)NC1N1CCC(CC(N)=O)CC1. The Morgan fingerprint density at radius 1 is 1.04 bits per heavy atom. The number of amides is 1. The lowest BCUT2D eigenvalue weighted by atomic mass is 9.92. The van der Waals surface area contributed by atoms with Crippen molar-refractivity contribution in [3.05, 3.63) is 58.9 Å². The summed E-state index contributed by atoms with van der Waals surface area (Å²) in [7, 11) is -3.18. The van der Waals surface area contributed by atoms with Crippen molar-refractivity contribution in [2.45, 2.75) is 97.1 Å². The molecule has 11 nitrogen and oxygen atoms in total. The molecule has 0 bridgehead atoms. The minimum absolute atomic E-state index is 0.0108. The van der Waals surface area contributed by atoms with Crippen LogP contribution in [0.2, 0.25) is 0 Å². The second kappa shape index (κ2) is 15.1. The third-order valence-corrected chi connectivity index (χ3v) is 12.9. The maximum atomic E-state index is 15.7. The van der Waals surface area contributed by atoms with E-state index in [1.54, 1.807) is 7.11 Å². The second-order valence-corrected chi connectivity index (χ2v) is 16.8. The standard InChI is InChI=1S/C31H42F5N7O4S2/c1-15-11-23(42-41-15)38-28-27(47-4)29(43-9-7-16(8-10-43)12-22(37)44)40-30(39-28)48-21-6-5-17(13-18(21)32)49(45,46)31(2,3)24-25(35)19(33)14-20(34)26(24)36/h5-6,13-16,23,27-30,38-42H,7-12H2,1-4H3,(H2,37,44). The van der Waals surface area contributed by atoms with E-state index >= 15 is 4.39 Å². The molecule has 0 spiro atoms. The number of nitrogens with zero attached hydrogens (tertiary/aromatic N) is 1. The van der Waals surface area contributed by atoms with Gasteiger partial charge in [0.25, 0.3) is 0 Å². The molecule has 6 unspecified atom stereocenters. The molecule has 3 fully saturated rings. The molecule has 3 saturated heterocycles. The van der Waals surface area contributed by atoms with Crippen LogP contribution in [0.4, 0.5) is 22.0 Å². The number of hydrazine groups is 1. The van der Waals surface area contributed by atoms with Crippen LogP contribution in [0.1, 0.15) is 52.0 Å². The van der Waals surface area contributed by atoms with Crippen LogP contribution < -0.4 is 32.5 Å². The molecule has 0 aliphatic carbocycles. The Bertz CT molecular complexity index is 1620. The number of hydrogen-bond donors (Lipinski definition) is 6. The topological polar surface area (TPSA) is 150 Å². The maximum Gasteiger partial charge on any atom is 0.217 e. The summed E-state index contributed by atoms with van der Waals surface area (Å²) < 4.78 is 104. The summed E-state index contributed by atoms with van der Waals surface area (Å²) in [5.41, 5.74) is 9.85. The Hall–Kier alpha value is -2.42. The summed E-state index contributed by atoms with van der Waals surface area (Å²) in [5.74, 6) is -8.31. The highest BCUT2D eigenvalue weighted by Gasteiger charge is 2.45. The zero-order valence-corrected chi connectivity index (χ0v) is 29.1. The zero-order valence-electron chi connectivity index (χ0n) is 27.5. The molecule has 2 aromatic carbocycles. The van der Waals surface area contributed by atoms with Gasteiger partial charge in [0.2, 0.25) is 5.91 Å². The van der Waals surface area contributed by atoms with Crippen molar-refractivity contribution < 1.29 is 39.9 Å². The number of benzene rings is 2. The second-order valence-electron chi connectivity index (χ2n) is 13.2. The summed E-state index contributed by atoms with van der Waals surface area (Å²) >= 11 is 1.04. The largest absolute Gasteiger partial charge is 0.375 e. The number of ether oxygens (including phenoxy) is 1. The Morgan fingerprint density at radius 3 is 2.24 bits per heavy atom. The molecule has 0 radical (unpaired) electrons. The molecular weight excluding hydrogens is 694 g/mol. The number of methoxy groups -OCH3 is 1. The van der Waals surface area contributed by atoms with Gasteiger partial charge < -0.3 is 10.5 Å². The number of carbonyl (C=O) groups excluding carboxylic acids is 1. The van der Waals surface area contributed by atoms with Gasteiger partial charge in [0.1, 0.15) is 22.2 Å². The lowest BCUT2D eigenvalue weighted by Gasteiger charge is -2.49. The summed E-state index contributed by atoms with van der Waals surface area (Å²) in [5, 5.41) is 10.4. The van der Waals surface area contributed by atoms with Gasteiger partial charge in [-0.25, -0.2) is 35.8 Å². The first kappa shape index (κ1) is 37.8. The number of likely N-dealkylation sites (tertiary alicyclic amines) is 1. The van der Waals surface area contributed by atoms with Crippen molar-refractivity contribution in [1.29, 1.82) is 0 Å². The first-order valence-electron chi connectivity index (χ1n) is 15.9. The van der Waals surface area contributed by atoms with E-state index in [0.29, 0.717) is 19.5 Å². The number of primary amides is 1. The van der Waals surface area contributed by atoms with E-state index in [2.05, 4.69) is 31.7 Å². The van der Waals surface area contributed by atoms with Gasteiger partial charge in [-0.05, 0) is 77.2 Å². The molecular formula is C31H42F5N7O4S2. The average molecular weight is 736 g/mol. The van der Waals surface area contributed by atoms with Crippen LogP contribution in [0, 0.1) is 35.0 Å². The number of sulfone groups is 1. The fraction of sp³-hybridized carbons (Fsp3) is 0.581. The highest BCUT2D eigenvalue weighted by molar-refractivity contribution is 7.99. The van der Waals surface area contributed by atoms with Gasteiger partial charge in [0.05, 0.1) is 29.0 Å². The Balaban J connectivity index is 1.39. The Kier molecular flexibility index (Phi) is 11.6. The van der Waals surface area contributed by atoms with Crippen LogP contribution in [0.3, 0.4) is 0 Å². The van der Waals surface area contributed by atoms with Crippen molar-refractivity contribution in [3.8, 4) is 0 Å². The number of rotatable bonds is 11. The molecule has 1 amide bonds. The van der Waals surface area contributed by atoms with Gasteiger partial charge in [-0.3, -0.25) is 31.1 Å². The maximum absolute atomic E-state index is 15.7. The fourth-order valence-corrected chi connectivity index (χ4v) is 9.23. The molecule has 3 aliphatic rings. The number of nitrogens with two attached hydrogens (primary N) is 1. The molecule has 7 N–H and O–H groups in total. The molecule has 0 aromatic heterocycles. The summed E-state index contributed by atoms with van der Waals surface area (Å²) in [4.78, 5) is 13.1. The van der Waals surface area contributed by atoms with E-state index in [-0.39, 0.29) is 41.2 Å². The highest BCUT2D eigenvalue weighted by Crippen LogP contribution is 2.40. The number of thioether (sulfide) groups is 1. The van der Waals surface area contributed by atoms with Gasteiger partial charge in [-0.2, -0.15) is 0 Å². The van der Waals surface area contributed by atoms with Crippen molar-refractivity contribution >= 4 is 27.5 Å². The minimum atomic E-state index is -4.78. The predicted octanol–water partition coefficient (Wildman–Crippen LogP) is 2.72. The van der Waals surface area contributed by atoms with Crippen molar-refractivity contribution in [2.24, 2.45) is 11.7 Å². The van der Waals surface area contributed by atoms with Crippen LogP contribution in [0.5, 0.6) is 0 Å². The summed E-state index contributed by atoms with van der Waals surface area (Å²) in [6.45, 7) is 5.14. The number of hydrogen-bond acceptors (Lipinski definition) is 11. The van der Waals surface area contributed by atoms with Crippen LogP contribution in [-0.4, -0.2) is 75.6 Å². The normalized spacial score (nSPS) is 27.4. The van der Waals surface area contributed by atoms with E-state index in [1.807, 2.05) is 6.92 Å². The number of carbonyl (C=O) groups is 1. The lowest BCUT2D eigenvalue weighted by Crippen LogP contribution is -2.74. The molecule has 49 heavy (non-hydrogen) atoms. The monoisotopic (exact) mass is 735 g/mol. The molecule has 3 aliphatic heterocycles. The minimum Gasteiger partial charge on any atom is -0.375 e. The number of nitrogens with one attached hydrogen (secondary N) is 5. The summed E-state index contributed by atoms with van der Waals surface area (Å²) in [6.07, 6.45) is 1.31. The van der Waals surface area contributed by atoms with Crippen LogP contribution in [0.25, 0.3) is 0 Å². The first-order valence-corrected chi connectivity index (χ1v) is 18.3. The van der Waals surface area contributed by atoms with Crippen LogP contribution in [-0.2, 0) is 24.1 Å². The molecule has 272 valence electrons. The van der Waals surface area contributed by atoms with E-state index in [1.165, 1.54) is 6.07 Å². The van der Waals surface area contributed by atoms with E-state index in [0.717, 1.165) is 57.0 Å². The Labute approximate surface area is 286 Å². The van der Waals surface area contributed by atoms with Crippen LogP contribution >= 0.6 is 11.8 Å². The molecule has 18 heteroatoms. The Morgan fingerprint density at radius 2 is 1.69 bits per heavy atom. The van der Waals surface area contributed by atoms with E-state index in [4.69, 9.17) is 10.5 Å². The van der Waals surface area contributed by atoms with Gasteiger partial charge in [0, 0.05) is 30.5 Å². The number of piperidine rings is 1. The van der Waals surface area contributed by atoms with E-state index < -0.39 is 71.9 Å². The van der Waals surface area contributed by atoms with Crippen molar-refractivity contribution in [2.75, 3.05) is 20.2 Å². The third kappa shape index (κ3) is 7.92. The average Bonchev–Trinajstić information content (AvgIpc) is 3.45. The van der Waals surface area contributed by atoms with Gasteiger partial charge in [-0.1, -0.05) is 11.8 Å². The van der Waals surface area contributed by atoms with E-state index in [9.17, 15) is 30.8 Å². The lowest BCUT2D eigenvalue weighted by molar-refractivity contribution is -0.119. The van der Waals surface area contributed by atoms with Gasteiger partial charge >= 0.3 is 0 Å². The van der Waals surface area contributed by atoms with Gasteiger partial charge in [0.15, 0.2) is 33.1 Å². The smallest absolute Gasteiger partial charge is 0.217 e. The fourth-order valence-electron chi connectivity index (χ4n) is 6.69. The molecule has 3 heterocycles. The third-order valence-electron chi connectivity index (χ3n) is 9.42. The molecule has 2 aromatic rings. The quantitative estimate of drug-likeness (QED) is 0.150. The molecule has 6 atom stereocenters. The predicted molar refractivity (Wildman–Crippen MR) is 173 cm³/mol. The first-order chi connectivity index (χ1) is 23.0. The van der Waals surface area contributed by atoms with Crippen molar-refractivity contribution in [1.82, 2.24) is 31.7 Å². The van der Waals surface area contributed by atoms with Crippen LogP contribution in [0.15, 0.2) is 34.1 Å². The molecule has 0 saturated carbocycles. The molecule has 5 rings (SSSR count). The number of halogens is 5. The van der Waals surface area contributed by atoms with Gasteiger partial charge in [-0.15, -0.1) is 0 Å². The van der Waals surface area contributed by atoms with Crippen molar-refractivity contribution in [3.63, 3.8) is 0 Å². The zero-order chi connectivity index (χ0) is 35.8. The summed E-state index contributed by atoms with van der Waals surface area (Å²) in [6, 6.07) is 3.24.